The lowest BCUT2D eigenvalue weighted by molar-refractivity contribution is 0.133. The highest BCUT2D eigenvalue weighted by Crippen LogP contribution is 2.09. The van der Waals surface area contributed by atoms with Crippen molar-refractivity contribution in [1.82, 2.24) is 4.90 Å². The molecular weight excluding hydrogens is 252 g/mol. The molecule has 2 N–H and O–H groups in total. The first kappa shape index (κ1) is 17.1. The first-order valence-corrected chi connectivity index (χ1v) is 7.29. The summed E-state index contributed by atoms with van der Waals surface area (Å²) in [5.74, 6) is 0. The van der Waals surface area contributed by atoms with E-state index in [1.807, 2.05) is 6.07 Å². The van der Waals surface area contributed by atoms with Crippen LogP contribution in [-0.4, -0.2) is 52.0 Å². The number of ether oxygens (including phenoxy) is 2. The van der Waals surface area contributed by atoms with Crippen molar-refractivity contribution in [1.29, 1.82) is 0 Å². The Kier molecular flexibility index (Phi) is 9.24. The molecule has 1 aromatic carbocycles. The van der Waals surface area contributed by atoms with E-state index in [0.717, 1.165) is 45.7 Å². The maximum atomic E-state index is 5.79. The molecule has 0 spiro atoms. The van der Waals surface area contributed by atoms with Gasteiger partial charge in [0.1, 0.15) is 0 Å². The van der Waals surface area contributed by atoms with Crippen molar-refractivity contribution in [2.75, 3.05) is 47.1 Å². The summed E-state index contributed by atoms with van der Waals surface area (Å²) in [6.45, 7) is 5.23. The summed E-state index contributed by atoms with van der Waals surface area (Å²) in [6.07, 6.45) is 2.09. The van der Waals surface area contributed by atoms with Crippen molar-refractivity contribution in [3.63, 3.8) is 0 Å². The Morgan fingerprint density at radius 3 is 2.30 bits per heavy atom. The molecule has 0 aliphatic carbocycles. The molecule has 0 bridgehead atoms. The Hall–Kier alpha value is -0.940. The Labute approximate surface area is 122 Å². The number of benzene rings is 1. The zero-order valence-corrected chi connectivity index (χ0v) is 12.8. The topological polar surface area (TPSA) is 47.7 Å². The fourth-order valence-electron chi connectivity index (χ4n) is 2.27. The molecule has 0 radical (unpaired) electrons. The van der Waals surface area contributed by atoms with Crippen molar-refractivity contribution in [2.45, 2.75) is 19.4 Å². The molecule has 0 aliphatic heterocycles. The second-order valence-corrected chi connectivity index (χ2v) is 4.90. The van der Waals surface area contributed by atoms with Crippen LogP contribution in [0.15, 0.2) is 24.3 Å². The molecule has 1 rings (SSSR count). The minimum Gasteiger partial charge on any atom is -0.385 e. The fourth-order valence-corrected chi connectivity index (χ4v) is 2.27. The van der Waals surface area contributed by atoms with Crippen LogP contribution in [0.2, 0.25) is 0 Å². The lowest BCUT2D eigenvalue weighted by Crippen LogP contribution is -2.31. The number of nitrogens with two attached hydrogens (primary N) is 1. The highest BCUT2D eigenvalue weighted by atomic mass is 16.5. The van der Waals surface area contributed by atoms with Gasteiger partial charge in [-0.1, -0.05) is 24.3 Å². The highest BCUT2D eigenvalue weighted by molar-refractivity contribution is 5.27. The number of nitrogens with zero attached hydrogens (tertiary/aromatic N) is 1. The average Bonchev–Trinajstić information content (AvgIpc) is 2.49. The monoisotopic (exact) mass is 280 g/mol. The minimum atomic E-state index is 0.609. The van der Waals surface area contributed by atoms with Gasteiger partial charge in [-0.05, 0) is 24.0 Å². The second-order valence-electron chi connectivity index (χ2n) is 4.90. The molecule has 0 saturated carbocycles. The second kappa shape index (κ2) is 10.8. The number of rotatable bonds is 11. The van der Waals surface area contributed by atoms with Gasteiger partial charge in [0.05, 0.1) is 6.61 Å². The third-order valence-electron chi connectivity index (χ3n) is 3.47. The van der Waals surface area contributed by atoms with Crippen molar-refractivity contribution in [2.24, 2.45) is 5.73 Å². The first-order chi connectivity index (χ1) is 9.81. The lowest BCUT2D eigenvalue weighted by Gasteiger charge is -2.22. The third kappa shape index (κ3) is 6.48. The van der Waals surface area contributed by atoms with E-state index in [9.17, 15) is 0 Å². The standard InChI is InChI=1S/C16H28N2O2/c1-19-12-5-9-18(11-13-20-2)10-8-15-6-3-4-7-16(15)14-17/h3-4,6-7H,5,8-14,17H2,1-2H3. The van der Waals surface area contributed by atoms with Crippen molar-refractivity contribution in [3.8, 4) is 0 Å². The molecule has 1 aromatic rings. The van der Waals surface area contributed by atoms with Gasteiger partial charge in [0.25, 0.3) is 0 Å². The average molecular weight is 280 g/mol. The Morgan fingerprint density at radius 2 is 1.65 bits per heavy atom. The van der Waals surface area contributed by atoms with Gasteiger partial charge in [-0.15, -0.1) is 0 Å². The van der Waals surface area contributed by atoms with Crippen molar-refractivity contribution in [3.05, 3.63) is 35.4 Å². The molecule has 114 valence electrons. The van der Waals surface area contributed by atoms with Gasteiger partial charge in [-0.25, -0.2) is 0 Å². The molecule has 0 heterocycles. The van der Waals surface area contributed by atoms with Crippen LogP contribution in [-0.2, 0) is 22.4 Å². The summed E-state index contributed by atoms with van der Waals surface area (Å²) >= 11 is 0. The molecule has 0 amide bonds. The predicted octanol–water partition coefficient (Wildman–Crippen LogP) is 1.67. The van der Waals surface area contributed by atoms with Crippen LogP contribution in [0.4, 0.5) is 0 Å². The van der Waals surface area contributed by atoms with Crippen LogP contribution >= 0.6 is 0 Å². The summed E-state index contributed by atoms with van der Waals surface area (Å²) in [7, 11) is 3.49. The SMILES string of the molecule is COCCCN(CCOC)CCc1ccccc1CN. The van der Waals surface area contributed by atoms with Crippen LogP contribution in [0.25, 0.3) is 0 Å². The van der Waals surface area contributed by atoms with Gasteiger partial charge in [0, 0.05) is 47.0 Å². The third-order valence-corrected chi connectivity index (χ3v) is 3.47. The predicted molar refractivity (Wildman–Crippen MR) is 82.8 cm³/mol. The van der Waals surface area contributed by atoms with Crippen LogP contribution in [0, 0.1) is 0 Å². The molecule has 20 heavy (non-hydrogen) atoms. The summed E-state index contributed by atoms with van der Waals surface area (Å²) in [6, 6.07) is 8.41. The zero-order chi connectivity index (χ0) is 14.6. The van der Waals surface area contributed by atoms with E-state index in [1.165, 1.54) is 11.1 Å². The summed E-state index contributed by atoms with van der Waals surface area (Å²) in [5, 5.41) is 0. The normalized spacial score (nSPS) is 11.2. The largest absolute Gasteiger partial charge is 0.385 e. The summed E-state index contributed by atoms with van der Waals surface area (Å²) in [4.78, 5) is 2.43. The van der Waals surface area contributed by atoms with Gasteiger partial charge in [0.2, 0.25) is 0 Å². The molecular formula is C16H28N2O2. The van der Waals surface area contributed by atoms with Crippen LogP contribution in [0.1, 0.15) is 17.5 Å². The summed E-state index contributed by atoms with van der Waals surface area (Å²) in [5.41, 5.74) is 8.38. The minimum absolute atomic E-state index is 0.609. The molecule has 0 saturated heterocycles. The maximum absolute atomic E-state index is 5.79. The smallest absolute Gasteiger partial charge is 0.0589 e. The van der Waals surface area contributed by atoms with E-state index in [0.29, 0.717) is 6.54 Å². The van der Waals surface area contributed by atoms with E-state index in [4.69, 9.17) is 15.2 Å². The van der Waals surface area contributed by atoms with E-state index < -0.39 is 0 Å². The zero-order valence-electron chi connectivity index (χ0n) is 12.8. The molecule has 0 unspecified atom stereocenters. The number of hydrogen-bond donors (Lipinski definition) is 1. The Morgan fingerprint density at radius 1 is 0.950 bits per heavy atom. The van der Waals surface area contributed by atoms with E-state index >= 15 is 0 Å². The van der Waals surface area contributed by atoms with Gasteiger partial charge in [-0.2, -0.15) is 0 Å². The lowest BCUT2D eigenvalue weighted by atomic mass is 10.0. The Bertz CT molecular complexity index is 358. The van der Waals surface area contributed by atoms with Gasteiger partial charge < -0.3 is 20.1 Å². The van der Waals surface area contributed by atoms with Crippen molar-refractivity contribution < 1.29 is 9.47 Å². The van der Waals surface area contributed by atoms with E-state index in [-0.39, 0.29) is 0 Å². The van der Waals surface area contributed by atoms with E-state index in [2.05, 4.69) is 23.1 Å². The Balaban J connectivity index is 2.46. The van der Waals surface area contributed by atoms with Gasteiger partial charge >= 0.3 is 0 Å². The van der Waals surface area contributed by atoms with Crippen LogP contribution < -0.4 is 5.73 Å². The number of methoxy groups -OCH3 is 2. The molecule has 4 heteroatoms. The highest BCUT2D eigenvalue weighted by Gasteiger charge is 2.07. The van der Waals surface area contributed by atoms with Gasteiger partial charge in [0.15, 0.2) is 0 Å². The first-order valence-electron chi connectivity index (χ1n) is 7.29. The quantitative estimate of drug-likeness (QED) is 0.626. The molecule has 0 aliphatic rings. The fraction of sp³-hybridized carbons (Fsp3) is 0.625. The molecule has 0 fully saturated rings. The maximum Gasteiger partial charge on any atom is 0.0589 e. The van der Waals surface area contributed by atoms with Crippen molar-refractivity contribution >= 4 is 0 Å². The molecule has 0 atom stereocenters. The number of hydrogen-bond acceptors (Lipinski definition) is 4. The van der Waals surface area contributed by atoms with Crippen LogP contribution in [0.3, 0.4) is 0 Å². The summed E-state index contributed by atoms with van der Waals surface area (Å²) < 4.78 is 10.3. The van der Waals surface area contributed by atoms with E-state index in [1.54, 1.807) is 14.2 Å². The van der Waals surface area contributed by atoms with Crippen LogP contribution in [0.5, 0.6) is 0 Å². The van der Waals surface area contributed by atoms with Gasteiger partial charge in [-0.3, -0.25) is 0 Å². The molecule has 4 nitrogen and oxygen atoms in total. The molecule has 0 aromatic heterocycles.